The summed E-state index contributed by atoms with van der Waals surface area (Å²) in [6.07, 6.45) is 1.64. The van der Waals surface area contributed by atoms with Crippen molar-refractivity contribution in [2.24, 2.45) is 5.92 Å². The van der Waals surface area contributed by atoms with Crippen molar-refractivity contribution >= 4 is 17.1 Å². The highest BCUT2D eigenvalue weighted by Crippen LogP contribution is 2.33. The molecule has 1 fully saturated rings. The third kappa shape index (κ3) is 3.90. The van der Waals surface area contributed by atoms with E-state index in [1.165, 1.54) is 0 Å². The van der Waals surface area contributed by atoms with E-state index in [2.05, 4.69) is 15.1 Å². The number of piperidine rings is 1. The number of rotatable bonds is 5. The fraction of sp³-hybridized carbons (Fsp3) is 0.381. The van der Waals surface area contributed by atoms with Gasteiger partial charge in [-0.05, 0) is 55.6 Å². The van der Waals surface area contributed by atoms with E-state index in [9.17, 15) is 4.79 Å². The molecule has 2 aromatic heterocycles. The number of hydrogen-bond acceptors (Lipinski definition) is 8. The Balaban J connectivity index is 1.18. The van der Waals surface area contributed by atoms with Crippen molar-refractivity contribution in [1.29, 1.82) is 0 Å². The summed E-state index contributed by atoms with van der Waals surface area (Å²) in [6.45, 7) is 3.35. The van der Waals surface area contributed by atoms with Gasteiger partial charge in [0.15, 0.2) is 17.3 Å². The highest BCUT2D eigenvalue weighted by atomic mass is 32.1. The van der Waals surface area contributed by atoms with Gasteiger partial charge in [0.25, 0.3) is 5.89 Å². The topological polar surface area (TPSA) is 77.7 Å². The number of ketones is 1. The zero-order valence-electron chi connectivity index (χ0n) is 15.9. The van der Waals surface area contributed by atoms with Crippen molar-refractivity contribution < 1.29 is 18.7 Å². The van der Waals surface area contributed by atoms with Gasteiger partial charge in [-0.2, -0.15) is 0 Å². The van der Waals surface area contributed by atoms with Crippen LogP contribution in [0.4, 0.5) is 0 Å². The maximum absolute atomic E-state index is 12.9. The molecule has 0 atom stereocenters. The SMILES string of the molecule is O=C(c1ccc2c(c1)OCCO2)C1CCN(Cc2nnc(-c3cccs3)o2)CC1. The first-order chi connectivity index (χ1) is 14.3. The second kappa shape index (κ2) is 7.96. The molecule has 5 rings (SSSR count). The molecule has 0 N–H and O–H groups in total. The van der Waals surface area contributed by atoms with E-state index < -0.39 is 0 Å². The number of nitrogens with zero attached hydrogens (tertiary/aromatic N) is 3. The zero-order valence-corrected chi connectivity index (χ0v) is 16.7. The number of likely N-dealkylation sites (tertiary alicyclic amines) is 1. The molecular formula is C21H21N3O4S. The van der Waals surface area contributed by atoms with Gasteiger partial charge in [-0.3, -0.25) is 9.69 Å². The first-order valence-electron chi connectivity index (χ1n) is 9.79. The van der Waals surface area contributed by atoms with Gasteiger partial charge >= 0.3 is 0 Å². The summed E-state index contributed by atoms with van der Waals surface area (Å²) in [7, 11) is 0. The molecule has 2 aliphatic heterocycles. The minimum atomic E-state index is 0.0261. The summed E-state index contributed by atoms with van der Waals surface area (Å²) in [5.41, 5.74) is 0.699. The van der Waals surface area contributed by atoms with Gasteiger partial charge in [0, 0.05) is 11.5 Å². The molecule has 0 aliphatic carbocycles. The minimum Gasteiger partial charge on any atom is -0.486 e. The fourth-order valence-corrected chi connectivity index (χ4v) is 4.44. The van der Waals surface area contributed by atoms with Crippen LogP contribution in [0.15, 0.2) is 40.1 Å². The van der Waals surface area contributed by atoms with E-state index in [4.69, 9.17) is 13.9 Å². The van der Waals surface area contributed by atoms with Crippen molar-refractivity contribution in [3.05, 3.63) is 47.2 Å². The Morgan fingerprint density at radius 1 is 1.10 bits per heavy atom. The van der Waals surface area contributed by atoms with Crippen LogP contribution in [0.2, 0.25) is 0 Å². The summed E-state index contributed by atoms with van der Waals surface area (Å²) in [6, 6.07) is 9.42. The number of benzene rings is 1. The standard InChI is InChI=1S/C21H21N3O4S/c25-20(15-3-4-16-17(12-15)27-10-9-26-16)14-5-7-24(8-6-14)13-19-22-23-21(28-19)18-2-1-11-29-18/h1-4,11-12,14H,5-10,13H2. The van der Waals surface area contributed by atoms with Gasteiger partial charge in [0.1, 0.15) is 13.2 Å². The maximum atomic E-state index is 12.9. The number of ether oxygens (including phenoxy) is 2. The predicted octanol–water partition coefficient (Wildman–Crippen LogP) is 3.66. The van der Waals surface area contributed by atoms with Gasteiger partial charge in [-0.1, -0.05) is 6.07 Å². The Morgan fingerprint density at radius 3 is 2.72 bits per heavy atom. The summed E-state index contributed by atoms with van der Waals surface area (Å²) < 4.78 is 16.9. The molecule has 2 aliphatic rings. The highest BCUT2D eigenvalue weighted by Gasteiger charge is 2.27. The van der Waals surface area contributed by atoms with Crippen LogP contribution in [0.3, 0.4) is 0 Å². The molecule has 0 unspecified atom stereocenters. The lowest BCUT2D eigenvalue weighted by atomic mass is 9.88. The van der Waals surface area contributed by atoms with Crippen LogP contribution in [-0.2, 0) is 6.54 Å². The second-order valence-corrected chi connectivity index (χ2v) is 8.20. The largest absolute Gasteiger partial charge is 0.486 e. The summed E-state index contributed by atoms with van der Waals surface area (Å²) >= 11 is 1.58. The van der Waals surface area contributed by atoms with E-state index in [0.717, 1.165) is 30.8 Å². The molecule has 150 valence electrons. The summed E-state index contributed by atoms with van der Waals surface area (Å²) in [5, 5.41) is 10.3. The number of aromatic nitrogens is 2. The monoisotopic (exact) mass is 411 g/mol. The second-order valence-electron chi connectivity index (χ2n) is 7.25. The first-order valence-corrected chi connectivity index (χ1v) is 10.7. The Hall–Kier alpha value is -2.71. The molecule has 0 spiro atoms. The van der Waals surface area contributed by atoms with E-state index in [0.29, 0.717) is 48.6 Å². The van der Waals surface area contributed by atoms with Crippen molar-refractivity contribution in [2.75, 3.05) is 26.3 Å². The van der Waals surface area contributed by atoms with Crippen molar-refractivity contribution in [3.63, 3.8) is 0 Å². The number of Topliss-reactive ketones (excluding diaryl/α,β-unsaturated/α-hetero) is 1. The molecule has 0 radical (unpaired) electrons. The van der Waals surface area contributed by atoms with Crippen LogP contribution in [0.25, 0.3) is 10.8 Å². The minimum absolute atomic E-state index is 0.0261. The molecule has 1 aromatic carbocycles. The Kier molecular flexibility index (Phi) is 5.03. The van der Waals surface area contributed by atoms with Gasteiger partial charge in [-0.15, -0.1) is 21.5 Å². The van der Waals surface area contributed by atoms with Crippen LogP contribution < -0.4 is 9.47 Å². The normalized spacial score (nSPS) is 17.4. The highest BCUT2D eigenvalue weighted by molar-refractivity contribution is 7.13. The van der Waals surface area contributed by atoms with Crippen LogP contribution in [0.1, 0.15) is 29.1 Å². The number of carbonyl (C=O) groups is 1. The van der Waals surface area contributed by atoms with Crippen molar-refractivity contribution in [2.45, 2.75) is 19.4 Å². The average molecular weight is 411 g/mol. The number of hydrogen-bond donors (Lipinski definition) is 0. The Bertz CT molecular complexity index is 993. The van der Waals surface area contributed by atoms with Crippen LogP contribution in [0.5, 0.6) is 11.5 Å². The third-order valence-corrected chi connectivity index (χ3v) is 6.20. The van der Waals surface area contributed by atoms with Crippen molar-refractivity contribution in [1.82, 2.24) is 15.1 Å². The Labute approximate surface area is 172 Å². The smallest absolute Gasteiger partial charge is 0.257 e. The molecular weight excluding hydrogens is 390 g/mol. The fourth-order valence-electron chi connectivity index (χ4n) is 3.79. The van der Waals surface area contributed by atoms with Gasteiger partial charge in [-0.25, -0.2) is 0 Å². The molecule has 3 aromatic rings. The van der Waals surface area contributed by atoms with Crippen LogP contribution >= 0.6 is 11.3 Å². The maximum Gasteiger partial charge on any atom is 0.257 e. The summed E-state index contributed by atoms with van der Waals surface area (Å²) in [5.74, 6) is 2.77. The lowest BCUT2D eigenvalue weighted by Crippen LogP contribution is -2.36. The Morgan fingerprint density at radius 2 is 1.93 bits per heavy atom. The molecule has 7 nitrogen and oxygen atoms in total. The quantitative estimate of drug-likeness (QED) is 0.593. The molecule has 0 bridgehead atoms. The summed E-state index contributed by atoms with van der Waals surface area (Å²) in [4.78, 5) is 16.2. The van der Waals surface area contributed by atoms with Gasteiger partial charge in [0.05, 0.1) is 11.4 Å². The van der Waals surface area contributed by atoms with E-state index >= 15 is 0 Å². The third-order valence-electron chi connectivity index (χ3n) is 5.34. The zero-order chi connectivity index (χ0) is 19.6. The van der Waals surface area contributed by atoms with Crippen LogP contribution in [0, 0.1) is 5.92 Å². The average Bonchev–Trinajstić information content (AvgIpc) is 3.45. The molecule has 8 heteroatoms. The molecule has 0 saturated carbocycles. The van der Waals surface area contributed by atoms with E-state index in [1.54, 1.807) is 11.3 Å². The predicted molar refractivity (Wildman–Crippen MR) is 107 cm³/mol. The van der Waals surface area contributed by atoms with Gasteiger partial charge in [0.2, 0.25) is 5.89 Å². The lowest BCUT2D eigenvalue weighted by Gasteiger charge is -2.30. The number of carbonyl (C=O) groups excluding carboxylic acids is 1. The number of thiophene rings is 1. The first kappa shape index (κ1) is 18.3. The number of fused-ring (bicyclic) bond motifs is 1. The van der Waals surface area contributed by atoms with Crippen LogP contribution in [-0.4, -0.2) is 47.2 Å². The molecule has 4 heterocycles. The lowest BCUT2D eigenvalue weighted by molar-refractivity contribution is 0.0826. The van der Waals surface area contributed by atoms with Gasteiger partial charge < -0.3 is 13.9 Å². The van der Waals surface area contributed by atoms with Crippen molar-refractivity contribution in [3.8, 4) is 22.3 Å². The molecule has 0 amide bonds. The van der Waals surface area contributed by atoms with E-state index in [-0.39, 0.29) is 11.7 Å². The molecule has 1 saturated heterocycles. The van der Waals surface area contributed by atoms with E-state index in [1.807, 2.05) is 35.7 Å². The molecule has 29 heavy (non-hydrogen) atoms.